The third-order valence-corrected chi connectivity index (χ3v) is 3.56. The van der Waals surface area contributed by atoms with Gasteiger partial charge in [-0.25, -0.2) is 0 Å². The normalized spacial score (nSPS) is 11.2. The highest BCUT2D eigenvalue weighted by Crippen LogP contribution is 2.34. The van der Waals surface area contributed by atoms with Gasteiger partial charge in [0.25, 0.3) is 0 Å². The quantitative estimate of drug-likeness (QED) is 0.570. The molecular formula is C16H12N4. The molecule has 0 unspecified atom stereocenters. The Bertz CT molecular complexity index is 919. The maximum atomic E-state index is 4.47. The van der Waals surface area contributed by atoms with E-state index in [1.54, 1.807) is 12.4 Å². The molecule has 1 N–H and O–H groups in total. The number of H-pyrrole nitrogens is 1. The summed E-state index contributed by atoms with van der Waals surface area (Å²) in [4.78, 5) is 7.88. The summed E-state index contributed by atoms with van der Waals surface area (Å²) in [5.74, 6) is 0. The number of para-hydroxylation sites is 1. The average molecular weight is 260 g/mol. The molecule has 0 saturated heterocycles. The van der Waals surface area contributed by atoms with Crippen molar-refractivity contribution in [2.45, 2.75) is 6.92 Å². The van der Waals surface area contributed by atoms with E-state index >= 15 is 0 Å². The van der Waals surface area contributed by atoms with Gasteiger partial charge in [-0.3, -0.25) is 4.98 Å². The van der Waals surface area contributed by atoms with E-state index in [1.165, 1.54) is 5.39 Å². The van der Waals surface area contributed by atoms with Gasteiger partial charge in [0.2, 0.25) is 0 Å². The van der Waals surface area contributed by atoms with Gasteiger partial charge in [0.15, 0.2) is 0 Å². The van der Waals surface area contributed by atoms with E-state index in [9.17, 15) is 0 Å². The molecule has 0 amide bonds. The Labute approximate surface area is 115 Å². The van der Waals surface area contributed by atoms with Crippen molar-refractivity contribution in [3.8, 4) is 11.1 Å². The number of aromatic amines is 1. The lowest BCUT2D eigenvalue weighted by molar-refractivity contribution is 1.07. The molecule has 0 aliphatic carbocycles. The van der Waals surface area contributed by atoms with E-state index in [0.29, 0.717) is 0 Å². The summed E-state index contributed by atoms with van der Waals surface area (Å²) >= 11 is 0. The van der Waals surface area contributed by atoms with Crippen molar-refractivity contribution in [3.63, 3.8) is 0 Å². The van der Waals surface area contributed by atoms with Crippen molar-refractivity contribution >= 4 is 21.9 Å². The number of fused-ring (bicyclic) bond motifs is 2. The number of hydrogen-bond acceptors (Lipinski definition) is 3. The summed E-state index contributed by atoms with van der Waals surface area (Å²) in [6, 6.07) is 12.1. The molecular weight excluding hydrogens is 248 g/mol. The number of aromatic nitrogens is 4. The SMILES string of the molecule is Cc1[nH]c2ccccc2c1-c1cnnc2cccnc12. The Morgan fingerprint density at radius 1 is 1.05 bits per heavy atom. The minimum Gasteiger partial charge on any atom is -0.358 e. The van der Waals surface area contributed by atoms with Crippen LogP contribution in [0.1, 0.15) is 5.69 Å². The van der Waals surface area contributed by atoms with Crippen LogP contribution in [-0.4, -0.2) is 20.2 Å². The van der Waals surface area contributed by atoms with Gasteiger partial charge in [-0.15, -0.1) is 5.10 Å². The lowest BCUT2D eigenvalue weighted by atomic mass is 10.0. The zero-order valence-corrected chi connectivity index (χ0v) is 11.0. The van der Waals surface area contributed by atoms with E-state index in [0.717, 1.165) is 33.4 Å². The highest BCUT2D eigenvalue weighted by Gasteiger charge is 2.14. The molecule has 4 rings (SSSR count). The molecule has 20 heavy (non-hydrogen) atoms. The van der Waals surface area contributed by atoms with Gasteiger partial charge in [-0.2, -0.15) is 5.10 Å². The number of nitrogens with one attached hydrogen (secondary N) is 1. The molecule has 0 aliphatic heterocycles. The molecule has 96 valence electrons. The van der Waals surface area contributed by atoms with Gasteiger partial charge in [0.1, 0.15) is 5.52 Å². The van der Waals surface area contributed by atoms with Crippen LogP contribution in [0.25, 0.3) is 33.1 Å². The summed E-state index contributed by atoms with van der Waals surface area (Å²) in [7, 11) is 0. The van der Waals surface area contributed by atoms with Crippen LogP contribution in [0.3, 0.4) is 0 Å². The molecule has 4 heteroatoms. The smallest absolute Gasteiger partial charge is 0.112 e. The van der Waals surface area contributed by atoms with Gasteiger partial charge in [-0.05, 0) is 25.1 Å². The molecule has 0 fully saturated rings. The maximum Gasteiger partial charge on any atom is 0.112 e. The van der Waals surface area contributed by atoms with Crippen molar-refractivity contribution in [2.24, 2.45) is 0 Å². The standard InChI is InChI=1S/C16H12N4/c1-10-15(11-5-2-3-6-13(11)19-10)12-9-18-20-14-7-4-8-17-16(12)14/h2-9,19H,1H3. The Morgan fingerprint density at radius 2 is 1.95 bits per heavy atom. The molecule has 4 aromatic rings. The Kier molecular flexibility index (Phi) is 2.29. The van der Waals surface area contributed by atoms with Gasteiger partial charge in [-0.1, -0.05) is 18.2 Å². The number of benzene rings is 1. The topological polar surface area (TPSA) is 54.5 Å². The summed E-state index contributed by atoms with van der Waals surface area (Å²) in [6.07, 6.45) is 3.58. The number of aryl methyl sites for hydroxylation is 1. The van der Waals surface area contributed by atoms with E-state index in [1.807, 2.05) is 24.3 Å². The maximum absolute atomic E-state index is 4.47. The predicted molar refractivity (Wildman–Crippen MR) is 79.4 cm³/mol. The van der Waals surface area contributed by atoms with E-state index in [4.69, 9.17) is 0 Å². The zero-order chi connectivity index (χ0) is 13.5. The van der Waals surface area contributed by atoms with E-state index in [2.05, 4.69) is 39.2 Å². The largest absolute Gasteiger partial charge is 0.358 e. The average Bonchev–Trinajstić information content (AvgIpc) is 2.82. The van der Waals surface area contributed by atoms with Gasteiger partial charge in [0.05, 0.1) is 11.7 Å². The van der Waals surface area contributed by atoms with Crippen LogP contribution in [0.2, 0.25) is 0 Å². The summed E-state index contributed by atoms with van der Waals surface area (Å²) in [5, 5.41) is 9.44. The molecule has 0 spiro atoms. The third kappa shape index (κ3) is 1.51. The molecule has 0 saturated carbocycles. The van der Waals surface area contributed by atoms with Crippen molar-refractivity contribution in [2.75, 3.05) is 0 Å². The van der Waals surface area contributed by atoms with Crippen LogP contribution in [-0.2, 0) is 0 Å². The third-order valence-electron chi connectivity index (χ3n) is 3.56. The van der Waals surface area contributed by atoms with Crippen molar-refractivity contribution in [3.05, 3.63) is 54.5 Å². The fourth-order valence-corrected chi connectivity index (χ4v) is 2.70. The fourth-order valence-electron chi connectivity index (χ4n) is 2.70. The monoisotopic (exact) mass is 260 g/mol. The Morgan fingerprint density at radius 3 is 2.90 bits per heavy atom. The molecule has 0 aliphatic rings. The van der Waals surface area contributed by atoms with Crippen LogP contribution in [0.5, 0.6) is 0 Å². The molecule has 0 bridgehead atoms. The van der Waals surface area contributed by atoms with Crippen molar-refractivity contribution in [1.29, 1.82) is 0 Å². The molecule has 1 aromatic carbocycles. The van der Waals surface area contributed by atoms with Crippen LogP contribution in [0, 0.1) is 6.92 Å². The lowest BCUT2D eigenvalue weighted by Gasteiger charge is -2.04. The lowest BCUT2D eigenvalue weighted by Crippen LogP contribution is -1.91. The predicted octanol–water partition coefficient (Wildman–Crippen LogP) is 3.48. The molecule has 3 heterocycles. The zero-order valence-electron chi connectivity index (χ0n) is 11.0. The first kappa shape index (κ1) is 11.1. The number of nitrogens with zero attached hydrogens (tertiary/aromatic N) is 3. The second kappa shape index (κ2) is 4.13. The van der Waals surface area contributed by atoms with Gasteiger partial charge >= 0.3 is 0 Å². The molecule has 3 aromatic heterocycles. The summed E-state index contributed by atoms with van der Waals surface area (Å²) in [6.45, 7) is 2.07. The second-order valence-electron chi connectivity index (χ2n) is 4.80. The highest BCUT2D eigenvalue weighted by molar-refractivity contribution is 6.03. The fraction of sp³-hybridized carbons (Fsp3) is 0.0625. The van der Waals surface area contributed by atoms with Crippen molar-refractivity contribution < 1.29 is 0 Å². The van der Waals surface area contributed by atoms with E-state index < -0.39 is 0 Å². The number of hydrogen-bond donors (Lipinski definition) is 1. The van der Waals surface area contributed by atoms with Crippen molar-refractivity contribution in [1.82, 2.24) is 20.2 Å². The minimum atomic E-state index is 0.815. The van der Waals surface area contributed by atoms with Crippen LogP contribution < -0.4 is 0 Å². The Hall–Kier alpha value is -2.75. The first-order valence-corrected chi connectivity index (χ1v) is 6.48. The highest BCUT2D eigenvalue weighted by atomic mass is 15.1. The van der Waals surface area contributed by atoms with Crippen LogP contribution in [0.15, 0.2) is 48.8 Å². The Balaban J connectivity index is 2.14. The van der Waals surface area contributed by atoms with Crippen LogP contribution >= 0.6 is 0 Å². The minimum absolute atomic E-state index is 0.815. The molecule has 0 atom stereocenters. The number of rotatable bonds is 1. The first-order valence-electron chi connectivity index (χ1n) is 6.48. The van der Waals surface area contributed by atoms with E-state index in [-0.39, 0.29) is 0 Å². The summed E-state index contributed by atoms with van der Waals surface area (Å²) < 4.78 is 0. The second-order valence-corrected chi connectivity index (χ2v) is 4.80. The van der Waals surface area contributed by atoms with Crippen LogP contribution in [0.4, 0.5) is 0 Å². The summed E-state index contributed by atoms with van der Waals surface area (Å²) in [5.41, 5.74) is 6.11. The van der Waals surface area contributed by atoms with Gasteiger partial charge in [0, 0.05) is 33.9 Å². The molecule has 0 radical (unpaired) electrons. The number of pyridine rings is 1. The van der Waals surface area contributed by atoms with Gasteiger partial charge < -0.3 is 4.98 Å². The molecule has 4 nitrogen and oxygen atoms in total. The first-order chi connectivity index (χ1) is 9.84.